The normalized spacial score (nSPS) is 11.3. The molecule has 3 heteroatoms. The Hall–Kier alpha value is -4.94. The number of nitrogens with two attached hydrogens (primary N) is 1. The summed E-state index contributed by atoms with van der Waals surface area (Å²) in [4.78, 5) is 0. The van der Waals surface area contributed by atoms with Gasteiger partial charge in [0.1, 0.15) is 11.2 Å². The molecule has 0 radical (unpaired) electrons. The number of hydrogen-bond acceptors (Lipinski definition) is 2. The highest BCUT2D eigenvalue weighted by Gasteiger charge is 2.17. The van der Waals surface area contributed by atoms with Crippen LogP contribution in [0.1, 0.15) is 5.56 Å². The van der Waals surface area contributed by atoms with Crippen molar-refractivity contribution in [1.29, 1.82) is 0 Å². The predicted octanol–water partition coefficient (Wildman–Crippen LogP) is 7.62. The molecule has 2 aromatic heterocycles. The molecule has 0 amide bonds. The lowest BCUT2D eigenvalue weighted by Gasteiger charge is -2.15. The lowest BCUT2D eigenvalue weighted by atomic mass is 9.99. The largest absolute Gasteiger partial charge is 0.456 e. The van der Waals surface area contributed by atoms with E-state index in [1.54, 1.807) is 0 Å². The molecule has 0 atom stereocenters. The van der Waals surface area contributed by atoms with Crippen LogP contribution in [-0.4, -0.2) is 4.57 Å². The molecule has 0 saturated heterocycles. The quantitative estimate of drug-likeness (QED) is 0.218. The zero-order valence-electron chi connectivity index (χ0n) is 18.8. The fourth-order valence-electron chi connectivity index (χ4n) is 5.20. The van der Waals surface area contributed by atoms with Crippen LogP contribution >= 0.6 is 0 Å². The molecule has 3 nitrogen and oxygen atoms in total. The maximum absolute atomic E-state index is 6.07. The number of furan rings is 1. The van der Waals surface area contributed by atoms with Gasteiger partial charge in [0.25, 0.3) is 0 Å². The molecule has 0 aliphatic rings. The maximum atomic E-state index is 6.07. The number of nitrogens with zero attached hydrogens (tertiary/aromatic N) is 1. The molecule has 0 unspecified atom stereocenters. The van der Waals surface area contributed by atoms with Crippen LogP contribution in [0.15, 0.2) is 114 Å². The van der Waals surface area contributed by atoms with Crippen LogP contribution in [0, 0.1) is 12.0 Å². The van der Waals surface area contributed by atoms with Crippen molar-refractivity contribution < 1.29 is 4.42 Å². The summed E-state index contributed by atoms with van der Waals surface area (Å²) in [5, 5.41) is 4.67. The third-order valence-electron chi connectivity index (χ3n) is 6.72. The first-order chi connectivity index (χ1) is 17.3. The Morgan fingerprint density at radius 2 is 1.26 bits per heavy atom. The van der Waals surface area contributed by atoms with Crippen molar-refractivity contribution >= 4 is 43.7 Å². The Kier molecular flexibility index (Phi) is 4.21. The lowest BCUT2D eigenvalue weighted by molar-refractivity contribution is 0.669. The fourth-order valence-corrected chi connectivity index (χ4v) is 5.20. The molecule has 0 saturated carbocycles. The van der Waals surface area contributed by atoms with E-state index in [-0.39, 0.29) is 0 Å². The average molecular weight is 449 g/mol. The van der Waals surface area contributed by atoms with Crippen molar-refractivity contribution in [2.24, 2.45) is 5.73 Å². The molecule has 0 fully saturated rings. The van der Waals surface area contributed by atoms with Crippen LogP contribution in [0.3, 0.4) is 0 Å². The summed E-state index contributed by atoms with van der Waals surface area (Å²) in [6.07, 6.45) is 0. The Bertz CT molecular complexity index is 1920. The number of fused-ring (bicyclic) bond motifs is 6. The van der Waals surface area contributed by atoms with Crippen molar-refractivity contribution in [2.45, 2.75) is 0 Å². The van der Waals surface area contributed by atoms with E-state index in [4.69, 9.17) is 10.2 Å². The van der Waals surface area contributed by atoms with Gasteiger partial charge in [0.15, 0.2) is 0 Å². The second-order valence-corrected chi connectivity index (χ2v) is 8.68. The monoisotopic (exact) mass is 448 g/mol. The summed E-state index contributed by atoms with van der Waals surface area (Å²) in [7, 11) is 0. The van der Waals surface area contributed by atoms with Crippen LogP contribution in [0.5, 0.6) is 0 Å². The molecular weight excluding hydrogens is 428 g/mol. The highest BCUT2D eigenvalue weighted by molar-refractivity contribution is 6.10. The molecule has 2 N–H and O–H groups in total. The molecule has 7 aromatic rings. The van der Waals surface area contributed by atoms with E-state index in [0.717, 1.165) is 55.3 Å². The van der Waals surface area contributed by atoms with Crippen LogP contribution in [-0.2, 0) is 0 Å². The van der Waals surface area contributed by atoms with Crippen LogP contribution in [0.2, 0.25) is 0 Å². The molecule has 7 rings (SSSR count). The van der Waals surface area contributed by atoms with Gasteiger partial charge in [-0.3, -0.25) is 0 Å². The van der Waals surface area contributed by atoms with Crippen LogP contribution < -0.4 is 5.73 Å². The molecule has 0 spiro atoms. The summed E-state index contributed by atoms with van der Waals surface area (Å²) >= 11 is 0. The first-order valence-electron chi connectivity index (χ1n) is 11.6. The second kappa shape index (κ2) is 7.55. The standard InChI is InChI=1S/C32H20N2O/c33-18-17-21-13-15-23(22-14-16-32-27(20-22)26-9-3-6-12-31(26)35-32)30(19-21)34-28-10-4-1-7-24(28)25-8-2-5-11-29(25)34/h1-16,19-20H,33H2. The molecule has 2 heterocycles. The summed E-state index contributed by atoms with van der Waals surface area (Å²) in [6.45, 7) is 0. The summed E-state index contributed by atoms with van der Waals surface area (Å²) < 4.78 is 8.41. The van der Waals surface area contributed by atoms with Crippen molar-refractivity contribution in [2.75, 3.05) is 0 Å². The Labute approximate surface area is 202 Å². The number of hydrogen-bond donors (Lipinski definition) is 1. The van der Waals surface area contributed by atoms with Crippen molar-refractivity contribution in [1.82, 2.24) is 4.57 Å². The number of para-hydroxylation sites is 3. The first-order valence-corrected chi connectivity index (χ1v) is 11.6. The summed E-state index contributed by atoms with van der Waals surface area (Å²) in [5.41, 5.74) is 13.9. The van der Waals surface area contributed by atoms with E-state index in [9.17, 15) is 0 Å². The minimum absolute atomic E-state index is 0.878. The topological polar surface area (TPSA) is 44.1 Å². The zero-order chi connectivity index (χ0) is 23.4. The van der Waals surface area contributed by atoms with Crippen LogP contribution in [0.25, 0.3) is 60.6 Å². The SMILES string of the molecule is NC#Cc1ccc(-c2ccc3oc4ccccc4c3c2)c(-n2c3ccccc3c3ccccc32)c1. The highest BCUT2D eigenvalue weighted by Crippen LogP contribution is 2.38. The van der Waals surface area contributed by atoms with Gasteiger partial charge in [-0.15, -0.1) is 0 Å². The van der Waals surface area contributed by atoms with Gasteiger partial charge in [0.05, 0.1) is 16.7 Å². The fraction of sp³-hybridized carbons (Fsp3) is 0. The number of aromatic nitrogens is 1. The first kappa shape index (κ1) is 19.5. The summed E-state index contributed by atoms with van der Waals surface area (Å²) in [6, 6.07) is 40.5. The molecule has 35 heavy (non-hydrogen) atoms. The van der Waals surface area contributed by atoms with Gasteiger partial charge in [0, 0.05) is 38.7 Å². The maximum Gasteiger partial charge on any atom is 0.135 e. The predicted molar refractivity (Wildman–Crippen MR) is 145 cm³/mol. The number of rotatable bonds is 2. The molecule has 5 aromatic carbocycles. The van der Waals surface area contributed by atoms with Gasteiger partial charge in [0.2, 0.25) is 0 Å². The Morgan fingerprint density at radius 1 is 0.600 bits per heavy atom. The molecule has 0 aliphatic heterocycles. The third-order valence-corrected chi connectivity index (χ3v) is 6.72. The minimum atomic E-state index is 0.878. The minimum Gasteiger partial charge on any atom is -0.456 e. The van der Waals surface area contributed by atoms with E-state index in [2.05, 4.69) is 101 Å². The second-order valence-electron chi connectivity index (χ2n) is 8.68. The van der Waals surface area contributed by atoms with E-state index >= 15 is 0 Å². The molecule has 164 valence electrons. The lowest BCUT2D eigenvalue weighted by Crippen LogP contribution is -1.98. The molecular formula is C32H20N2O. The molecule has 0 aliphatic carbocycles. The Morgan fingerprint density at radius 3 is 2.00 bits per heavy atom. The summed E-state index contributed by atoms with van der Waals surface area (Å²) in [5.74, 6) is 3.03. The van der Waals surface area contributed by atoms with Crippen molar-refractivity contribution in [3.63, 3.8) is 0 Å². The van der Waals surface area contributed by atoms with E-state index in [1.165, 1.54) is 10.8 Å². The van der Waals surface area contributed by atoms with Gasteiger partial charge in [-0.2, -0.15) is 0 Å². The average Bonchev–Trinajstić information content (AvgIpc) is 3.44. The van der Waals surface area contributed by atoms with E-state index in [0.29, 0.717) is 0 Å². The van der Waals surface area contributed by atoms with Gasteiger partial charge in [-0.05, 0) is 53.9 Å². The molecule has 0 bridgehead atoms. The van der Waals surface area contributed by atoms with Gasteiger partial charge in [-0.1, -0.05) is 66.7 Å². The van der Waals surface area contributed by atoms with Gasteiger partial charge >= 0.3 is 0 Å². The zero-order valence-corrected chi connectivity index (χ0v) is 18.8. The highest BCUT2D eigenvalue weighted by atomic mass is 16.3. The third kappa shape index (κ3) is 2.94. The van der Waals surface area contributed by atoms with Gasteiger partial charge < -0.3 is 14.7 Å². The smallest absolute Gasteiger partial charge is 0.135 e. The van der Waals surface area contributed by atoms with Crippen molar-refractivity contribution in [3.8, 4) is 28.8 Å². The van der Waals surface area contributed by atoms with Crippen molar-refractivity contribution in [3.05, 3.63) is 115 Å². The van der Waals surface area contributed by atoms with Crippen LogP contribution in [0.4, 0.5) is 0 Å². The van der Waals surface area contributed by atoms with E-state index in [1.807, 2.05) is 24.3 Å². The number of benzene rings is 5. The van der Waals surface area contributed by atoms with E-state index < -0.39 is 0 Å². The Balaban J connectivity index is 1.57. The van der Waals surface area contributed by atoms with Gasteiger partial charge in [-0.25, -0.2) is 0 Å².